The number of nitrogens with zero attached hydrogens (tertiary/aromatic N) is 4. The topological polar surface area (TPSA) is 49.3 Å². The van der Waals surface area contributed by atoms with Crippen molar-refractivity contribution in [2.24, 2.45) is 0 Å². The third kappa shape index (κ3) is 3.66. The largest absolute Gasteiger partial charge is 0.353 e. The predicted octanol–water partition coefficient (Wildman–Crippen LogP) is 4.71. The molecule has 5 nitrogen and oxygen atoms in total. The summed E-state index contributed by atoms with van der Waals surface area (Å²) in [4.78, 5) is 27.8. The standard InChI is InChI=1S/C24H22N4OS/c29-24(21-12-6-17-30-21)28-14-7-13-27(15-16-28)23-22(18-8-2-1-3-9-18)25-19-10-4-5-11-20(19)26-23/h1-6,8-12,17H,7,13-16H2. The number of aromatic nitrogens is 2. The van der Waals surface area contributed by atoms with Crippen molar-refractivity contribution < 1.29 is 4.79 Å². The number of hydrogen-bond donors (Lipinski definition) is 0. The van der Waals surface area contributed by atoms with Gasteiger partial charge in [0.1, 0.15) is 5.69 Å². The molecule has 1 amide bonds. The fourth-order valence-electron chi connectivity index (χ4n) is 3.89. The molecule has 0 atom stereocenters. The SMILES string of the molecule is O=C(c1cccs1)N1CCCN(c2nc3ccccc3nc2-c2ccccc2)CC1. The van der Waals surface area contributed by atoms with Crippen LogP contribution in [0.5, 0.6) is 0 Å². The van der Waals surface area contributed by atoms with Crippen LogP contribution in [-0.4, -0.2) is 47.0 Å². The normalized spacial score (nSPS) is 14.7. The molecule has 1 fully saturated rings. The van der Waals surface area contributed by atoms with Gasteiger partial charge in [0.05, 0.1) is 15.9 Å². The Bertz CT molecular complexity index is 1160. The Morgan fingerprint density at radius 2 is 1.57 bits per heavy atom. The summed E-state index contributed by atoms with van der Waals surface area (Å²) in [6.45, 7) is 3.03. The molecule has 1 aliphatic heterocycles. The molecule has 1 aliphatic rings. The molecular weight excluding hydrogens is 392 g/mol. The molecule has 0 aliphatic carbocycles. The molecule has 0 radical (unpaired) electrons. The van der Waals surface area contributed by atoms with Gasteiger partial charge < -0.3 is 9.80 Å². The number of benzene rings is 2. The number of anilines is 1. The van der Waals surface area contributed by atoms with Gasteiger partial charge in [0, 0.05) is 31.7 Å². The lowest BCUT2D eigenvalue weighted by Crippen LogP contribution is -2.35. The molecule has 4 aromatic rings. The van der Waals surface area contributed by atoms with Gasteiger partial charge in [-0.15, -0.1) is 11.3 Å². The number of carbonyl (C=O) groups is 1. The fourth-order valence-corrected chi connectivity index (χ4v) is 4.58. The molecule has 6 heteroatoms. The van der Waals surface area contributed by atoms with Gasteiger partial charge in [-0.05, 0) is 30.0 Å². The van der Waals surface area contributed by atoms with Crippen LogP contribution in [0.15, 0.2) is 72.1 Å². The van der Waals surface area contributed by atoms with Gasteiger partial charge >= 0.3 is 0 Å². The molecule has 2 aromatic heterocycles. The summed E-state index contributed by atoms with van der Waals surface area (Å²) in [6.07, 6.45) is 0.903. The van der Waals surface area contributed by atoms with Crippen LogP contribution in [0.25, 0.3) is 22.3 Å². The zero-order chi connectivity index (χ0) is 20.3. The molecule has 0 saturated carbocycles. The van der Waals surface area contributed by atoms with Crippen molar-refractivity contribution in [2.75, 3.05) is 31.1 Å². The van der Waals surface area contributed by atoms with E-state index in [4.69, 9.17) is 9.97 Å². The molecule has 5 rings (SSSR count). The quantitative estimate of drug-likeness (QED) is 0.487. The molecule has 0 bridgehead atoms. The van der Waals surface area contributed by atoms with E-state index in [1.165, 1.54) is 11.3 Å². The highest BCUT2D eigenvalue weighted by molar-refractivity contribution is 7.12. The maximum atomic E-state index is 12.8. The van der Waals surface area contributed by atoms with Gasteiger partial charge in [-0.2, -0.15) is 0 Å². The lowest BCUT2D eigenvalue weighted by Gasteiger charge is -2.24. The van der Waals surface area contributed by atoms with E-state index in [2.05, 4.69) is 17.0 Å². The molecule has 3 heterocycles. The highest BCUT2D eigenvalue weighted by Gasteiger charge is 2.24. The monoisotopic (exact) mass is 414 g/mol. The van der Waals surface area contributed by atoms with Crippen molar-refractivity contribution in [1.29, 1.82) is 0 Å². The maximum absolute atomic E-state index is 12.8. The average molecular weight is 415 g/mol. The van der Waals surface area contributed by atoms with E-state index in [1.54, 1.807) is 0 Å². The molecular formula is C24H22N4OS. The number of rotatable bonds is 3. The summed E-state index contributed by atoms with van der Waals surface area (Å²) < 4.78 is 0. The Labute approximate surface area is 179 Å². The molecule has 30 heavy (non-hydrogen) atoms. The minimum atomic E-state index is 0.125. The average Bonchev–Trinajstić information content (AvgIpc) is 3.23. The summed E-state index contributed by atoms with van der Waals surface area (Å²) in [5.41, 5.74) is 3.74. The highest BCUT2D eigenvalue weighted by atomic mass is 32.1. The predicted molar refractivity (Wildman–Crippen MR) is 122 cm³/mol. The van der Waals surface area contributed by atoms with Crippen LogP contribution in [-0.2, 0) is 0 Å². The summed E-state index contributed by atoms with van der Waals surface area (Å²) in [5, 5.41) is 1.95. The van der Waals surface area contributed by atoms with Crippen LogP contribution >= 0.6 is 11.3 Å². The van der Waals surface area contributed by atoms with Crippen molar-refractivity contribution in [2.45, 2.75) is 6.42 Å². The van der Waals surface area contributed by atoms with Crippen molar-refractivity contribution in [1.82, 2.24) is 14.9 Å². The lowest BCUT2D eigenvalue weighted by molar-refractivity contribution is 0.0772. The van der Waals surface area contributed by atoms with E-state index in [9.17, 15) is 4.79 Å². The van der Waals surface area contributed by atoms with Crippen molar-refractivity contribution in [3.05, 3.63) is 77.0 Å². The number of amides is 1. The van der Waals surface area contributed by atoms with Crippen LogP contribution in [0.4, 0.5) is 5.82 Å². The minimum absolute atomic E-state index is 0.125. The number of fused-ring (bicyclic) bond motifs is 1. The van der Waals surface area contributed by atoms with E-state index in [-0.39, 0.29) is 5.91 Å². The van der Waals surface area contributed by atoms with Gasteiger partial charge in [0.2, 0.25) is 0 Å². The molecule has 150 valence electrons. The van der Waals surface area contributed by atoms with Gasteiger partial charge in [0.25, 0.3) is 5.91 Å². The van der Waals surface area contributed by atoms with Crippen LogP contribution in [0, 0.1) is 0 Å². The molecule has 2 aromatic carbocycles. The van der Waals surface area contributed by atoms with Crippen LogP contribution in [0.1, 0.15) is 16.1 Å². The summed E-state index contributed by atoms with van der Waals surface area (Å²) >= 11 is 1.50. The van der Waals surface area contributed by atoms with Crippen molar-refractivity contribution in [3.8, 4) is 11.3 Å². The van der Waals surface area contributed by atoms with Gasteiger partial charge in [-0.25, -0.2) is 9.97 Å². The Hall–Kier alpha value is -3.25. The zero-order valence-electron chi connectivity index (χ0n) is 16.6. The Kier molecular flexibility index (Phi) is 5.15. The zero-order valence-corrected chi connectivity index (χ0v) is 17.4. The van der Waals surface area contributed by atoms with E-state index < -0.39 is 0 Å². The third-order valence-corrected chi connectivity index (χ3v) is 6.27. The van der Waals surface area contributed by atoms with Crippen LogP contribution < -0.4 is 4.90 Å². The Morgan fingerprint density at radius 1 is 0.800 bits per heavy atom. The summed E-state index contributed by atoms with van der Waals surface area (Å²) in [5.74, 6) is 1.02. The molecule has 1 saturated heterocycles. The number of para-hydroxylation sites is 2. The lowest BCUT2D eigenvalue weighted by atomic mass is 10.1. The first-order valence-electron chi connectivity index (χ1n) is 10.2. The van der Waals surface area contributed by atoms with Crippen molar-refractivity contribution in [3.63, 3.8) is 0 Å². The molecule has 0 unspecified atom stereocenters. The Balaban J connectivity index is 1.48. The fraction of sp³-hybridized carbons (Fsp3) is 0.208. The first-order chi connectivity index (χ1) is 14.8. The van der Waals surface area contributed by atoms with E-state index in [0.29, 0.717) is 6.54 Å². The van der Waals surface area contributed by atoms with Gasteiger partial charge in [0.15, 0.2) is 5.82 Å². The van der Waals surface area contributed by atoms with E-state index in [1.807, 2.05) is 64.9 Å². The third-order valence-electron chi connectivity index (χ3n) is 5.41. The number of carbonyl (C=O) groups excluding carboxylic acids is 1. The molecule has 0 spiro atoms. The van der Waals surface area contributed by atoms with Gasteiger partial charge in [-0.3, -0.25) is 4.79 Å². The first kappa shape index (κ1) is 18.8. The van der Waals surface area contributed by atoms with Crippen molar-refractivity contribution >= 4 is 34.1 Å². The van der Waals surface area contributed by atoms with E-state index in [0.717, 1.165) is 59.0 Å². The summed E-state index contributed by atoms with van der Waals surface area (Å²) in [6, 6.07) is 22.0. The number of thiophene rings is 1. The number of hydrogen-bond acceptors (Lipinski definition) is 5. The maximum Gasteiger partial charge on any atom is 0.263 e. The van der Waals surface area contributed by atoms with Crippen LogP contribution in [0.3, 0.4) is 0 Å². The second-order valence-electron chi connectivity index (χ2n) is 7.36. The molecule has 0 N–H and O–H groups in total. The summed E-state index contributed by atoms with van der Waals surface area (Å²) in [7, 11) is 0. The first-order valence-corrected chi connectivity index (χ1v) is 11.1. The smallest absolute Gasteiger partial charge is 0.263 e. The van der Waals surface area contributed by atoms with E-state index >= 15 is 0 Å². The minimum Gasteiger partial charge on any atom is -0.353 e. The second kappa shape index (κ2) is 8.24. The van der Waals surface area contributed by atoms with Crippen LogP contribution in [0.2, 0.25) is 0 Å². The second-order valence-corrected chi connectivity index (χ2v) is 8.31. The highest BCUT2D eigenvalue weighted by Crippen LogP contribution is 2.30. The van der Waals surface area contributed by atoms with Gasteiger partial charge in [-0.1, -0.05) is 48.5 Å². The Morgan fingerprint density at radius 3 is 2.33 bits per heavy atom.